The van der Waals surface area contributed by atoms with Crippen LogP contribution in [0.4, 0.5) is 0 Å². The van der Waals surface area contributed by atoms with Crippen molar-refractivity contribution < 1.29 is 13.5 Å². The summed E-state index contributed by atoms with van der Waals surface area (Å²) in [5.74, 6) is 0.323. The Morgan fingerprint density at radius 3 is 2.40 bits per heavy atom. The molecule has 0 aromatic heterocycles. The van der Waals surface area contributed by atoms with Gasteiger partial charge in [-0.1, -0.05) is 13.8 Å². The van der Waals surface area contributed by atoms with E-state index < -0.39 is 10.0 Å². The summed E-state index contributed by atoms with van der Waals surface area (Å²) in [7, 11) is -3.27. The average Bonchev–Trinajstić information content (AvgIpc) is 2.16. The summed E-state index contributed by atoms with van der Waals surface area (Å²) in [5.41, 5.74) is 0. The van der Waals surface area contributed by atoms with Crippen LogP contribution in [0.25, 0.3) is 0 Å². The van der Waals surface area contributed by atoms with E-state index >= 15 is 0 Å². The predicted molar refractivity (Wildman–Crippen MR) is 62.6 cm³/mol. The molecule has 0 aromatic rings. The van der Waals surface area contributed by atoms with Crippen LogP contribution in [-0.4, -0.2) is 49.2 Å². The second kappa shape index (κ2) is 7.44. The molecule has 0 saturated carbocycles. The van der Waals surface area contributed by atoms with E-state index in [-0.39, 0.29) is 24.8 Å². The second-order valence-corrected chi connectivity index (χ2v) is 5.98. The number of aliphatic hydroxyl groups excluding tert-OH is 1. The lowest BCUT2D eigenvalue weighted by Crippen LogP contribution is -2.37. The standard InChI is InChI=1S/C9H20ClNO3S/c1-3-4-11(5-6-12)15(13,14)8-9(2)7-10/h9,12H,3-8H2,1-2H3. The lowest BCUT2D eigenvalue weighted by molar-refractivity contribution is 0.253. The Hall–Kier alpha value is 0.160. The minimum atomic E-state index is -3.27. The summed E-state index contributed by atoms with van der Waals surface area (Å²) in [6.45, 7) is 4.19. The molecular formula is C9H20ClNO3S. The molecule has 0 rings (SSSR count). The van der Waals surface area contributed by atoms with Gasteiger partial charge in [0, 0.05) is 19.0 Å². The average molecular weight is 258 g/mol. The van der Waals surface area contributed by atoms with Gasteiger partial charge in [0.05, 0.1) is 12.4 Å². The summed E-state index contributed by atoms with van der Waals surface area (Å²) >= 11 is 5.58. The molecule has 0 aliphatic rings. The Kier molecular flexibility index (Phi) is 7.52. The molecule has 0 saturated heterocycles. The summed E-state index contributed by atoms with van der Waals surface area (Å²) in [6.07, 6.45) is 0.745. The van der Waals surface area contributed by atoms with Crippen molar-refractivity contribution in [2.45, 2.75) is 20.3 Å². The largest absolute Gasteiger partial charge is 0.395 e. The maximum absolute atomic E-state index is 11.8. The summed E-state index contributed by atoms with van der Waals surface area (Å²) in [4.78, 5) is 0. The molecule has 0 radical (unpaired) electrons. The molecule has 1 N–H and O–H groups in total. The maximum atomic E-state index is 11.8. The Bertz CT molecular complexity index is 250. The normalized spacial score (nSPS) is 14.5. The lowest BCUT2D eigenvalue weighted by atomic mass is 10.3. The van der Waals surface area contributed by atoms with Gasteiger partial charge in [-0.05, 0) is 12.3 Å². The van der Waals surface area contributed by atoms with E-state index in [1.165, 1.54) is 4.31 Å². The number of alkyl halides is 1. The highest BCUT2D eigenvalue weighted by atomic mass is 35.5. The molecule has 92 valence electrons. The lowest BCUT2D eigenvalue weighted by Gasteiger charge is -2.22. The van der Waals surface area contributed by atoms with Crippen molar-refractivity contribution in [3.63, 3.8) is 0 Å². The maximum Gasteiger partial charge on any atom is 0.214 e. The fraction of sp³-hybridized carbons (Fsp3) is 1.00. The van der Waals surface area contributed by atoms with Gasteiger partial charge < -0.3 is 5.11 Å². The number of rotatable bonds is 8. The molecule has 0 spiro atoms. The van der Waals surface area contributed by atoms with Crippen LogP contribution >= 0.6 is 11.6 Å². The molecule has 6 heteroatoms. The van der Waals surface area contributed by atoms with Crippen LogP contribution in [0.2, 0.25) is 0 Å². The molecule has 15 heavy (non-hydrogen) atoms. The Labute approximate surface area is 97.3 Å². The highest BCUT2D eigenvalue weighted by Gasteiger charge is 2.22. The van der Waals surface area contributed by atoms with Gasteiger partial charge in [-0.25, -0.2) is 8.42 Å². The van der Waals surface area contributed by atoms with Gasteiger partial charge >= 0.3 is 0 Å². The van der Waals surface area contributed by atoms with Crippen molar-refractivity contribution in [2.24, 2.45) is 5.92 Å². The molecule has 0 aliphatic carbocycles. The Morgan fingerprint density at radius 1 is 1.40 bits per heavy atom. The van der Waals surface area contributed by atoms with E-state index in [0.717, 1.165) is 6.42 Å². The van der Waals surface area contributed by atoms with E-state index in [4.69, 9.17) is 16.7 Å². The first-order valence-corrected chi connectivity index (χ1v) is 7.27. The topological polar surface area (TPSA) is 57.6 Å². The van der Waals surface area contributed by atoms with Crippen LogP contribution in [0, 0.1) is 5.92 Å². The van der Waals surface area contributed by atoms with Crippen LogP contribution in [-0.2, 0) is 10.0 Å². The number of nitrogens with zero attached hydrogens (tertiary/aromatic N) is 1. The third-order valence-electron chi connectivity index (χ3n) is 1.97. The Morgan fingerprint density at radius 2 is 2.00 bits per heavy atom. The van der Waals surface area contributed by atoms with Gasteiger partial charge in [0.25, 0.3) is 0 Å². The molecule has 0 aromatic carbocycles. The van der Waals surface area contributed by atoms with Gasteiger partial charge in [0.15, 0.2) is 0 Å². The number of hydrogen-bond acceptors (Lipinski definition) is 3. The molecule has 0 aliphatic heterocycles. The van der Waals surface area contributed by atoms with Crippen molar-refractivity contribution >= 4 is 21.6 Å². The number of aliphatic hydroxyl groups is 1. The first kappa shape index (κ1) is 15.2. The van der Waals surface area contributed by atoms with E-state index in [0.29, 0.717) is 12.4 Å². The van der Waals surface area contributed by atoms with E-state index in [9.17, 15) is 8.42 Å². The number of halogens is 1. The molecule has 0 fully saturated rings. The van der Waals surface area contributed by atoms with Crippen LogP contribution in [0.5, 0.6) is 0 Å². The van der Waals surface area contributed by atoms with E-state index in [2.05, 4.69) is 0 Å². The minimum Gasteiger partial charge on any atom is -0.395 e. The fourth-order valence-electron chi connectivity index (χ4n) is 1.26. The van der Waals surface area contributed by atoms with Crippen molar-refractivity contribution in [3.05, 3.63) is 0 Å². The highest BCUT2D eigenvalue weighted by molar-refractivity contribution is 7.89. The van der Waals surface area contributed by atoms with Gasteiger partial charge in [-0.15, -0.1) is 11.6 Å². The van der Waals surface area contributed by atoms with Gasteiger partial charge in [0.2, 0.25) is 10.0 Å². The van der Waals surface area contributed by atoms with E-state index in [1.54, 1.807) is 6.92 Å². The first-order valence-electron chi connectivity index (χ1n) is 5.12. The molecular weight excluding hydrogens is 238 g/mol. The summed E-state index contributed by atoms with van der Waals surface area (Å²) in [6, 6.07) is 0. The molecule has 0 amide bonds. The molecule has 0 heterocycles. The number of sulfonamides is 1. The molecule has 1 unspecified atom stereocenters. The van der Waals surface area contributed by atoms with Crippen molar-refractivity contribution in [3.8, 4) is 0 Å². The zero-order valence-electron chi connectivity index (χ0n) is 9.32. The van der Waals surface area contributed by atoms with Crippen LogP contribution in [0.15, 0.2) is 0 Å². The zero-order valence-corrected chi connectivity index (χ0v) is 10.9. The van der Waals surface area contributed by atoms with Crippen molar-refractivity contribution in [2.75, 3.05) is 31.3 Å². The number of hydrogen-bond donors (Lipinski definition) is 1. The van der Waals surface area contributed by atoms with Gasteiger partial charge in [-0.2, -0.15) is 4.31 Å². The van der Waals surface area contributed by atoms with Crippen molar-refractivity contribution in [1.29, 1.82) is 0 Å². The predicted octanol–water partition coefficient (Wildman–Crippen LogP) is 0.895. The summed E-state index contributed by atoms with van der Waals surface area (Å²) < 4.78 is 25.0. The first-order chi connectivity index (χ1) is 6.97. The molecule has 0 bridgehead atoms. The minimum absolute atomic E-state index is 0.0521. The fourth-order valence-corrected chi connectivity index (χ4v) is 3.37. The third kappa shape index (κ3) is 5.70. The zero-order chi connectivity index (χ0) is 11.9. The molecule has 1 atom stereocenters. The van der Waals surface area contributed by atoms with Crippen LogP contribution in [0.3, 0.4) is 0 Å². The highest BCUT2D eigenvalue weighted by Crippen LogP contribution is 2.09. The monoisotopic (exact) mass is 257 g/mol. The van der Waals surface area contributed by atoms with E-state index in [1.807, 2.05) is 6.92 Å². The SMILES string of the molecule is CCCN(CCO)S(=O)(=O)CC(C)CCl. The molecule has 4 nitrogen and oxygen atoms in total. The summed E-state index contributed by atoms with van der Waals surface area (Å²) in [5, 5.41) is 8.79. The van der Waals surface area contributed by atoms with Gasteiger partial charge in [-0.3, -0.25) is 0 Å². The van der Waals surface area contributed by atoms with Crippen LogP contribution in [0.1, 0.15) is 20.3 Å². The smallest absolute Gasteiger partial charge is 0.214 e. The Balaban J connectivity index is 4.48. The van der Waals surface area contributed by atoms with Gasteiger partial charge in [0.1, 0.15) is 0 Å². The third-order valence-corrected chi connectivity index (χ3v) is 4.64. The second-order valence-electron chi connectivity index (χ2n) is 3.66. The van der Waals surface area contributed by atoms with Crippen LogP contribution < -0.4 is 0 Å². The van der Waals surface area contributed by atoms with Crippen molar-refractivity contribution in [1.82, 2.24) is 4.31 Å². The quantitative estimate of drug-likeness (QED) is 0.658.